The van der Waals surface area contributed by atoms with Crippen LogP contribution < -0.4 is 5.32 Å². The van der Waals surface area contributed by atoms with E-state index in [2.05, 4.69) is 5.32 Å². The van der Waals surface area contributed by atoms with Gasteiger partial charge in [-0.25, -0.2) is 0 Å². The number of carbonyl (C=O) groups excluding carboxylic acids is 2. The summed E-state index contributed by atoms with van der Waals surface area (Å²) in [6.07, 6.45) is 3.50. The Morgan fingerprint density at radius 1 is 0.947 bits per heavy atom. The van der Waals surface area contributed by atoms with Crippen LogP contribution in [0.15, 0.2) is 0 Å². The van der Waals surface area contributed by atoms with E-state index < -0.39 is 0 Å². The number of ether oxygens (including phenoxy) is 3. The SMILES string of the molecule is CNC(=O)CCOCCOC(=O)CCCCCOC. The predicted molar refractivity (Wildman–Crippen MR) is 70.8 cm³/mol. The Kier molecular flexibility index (Phi) is 12.5. The molecule has 0 aliphatic heterocycles. The third-order valence-corrected chi connectivity index (χ3v) is 2.47. The van der Waals surface area contributed by atoms with Gasteiger partial charge in [0.1, 0.15) is 6.61 Å². The fourth-order valence-electron chi connectivity index (χ4n) is 1.37. The van der Waals surface area contributed by atoms with Crippen LogP contribution in [0, 0.1) is 0 Å². The molecule has 0 rings (SSSR count). The molecule has 0 atom stereocenters. The highest BCUT2D eigenvalue weighted by atomic mass is 16.6. The van der Waals surface area contributed by atoms with Gasteiger partial charge in [0.2, 0.25) is 5.91 Å². The van der Waals surface area contributed by atoms with Crippen molar-refractivity contribution in [1.29, 1.82) is 0 Å². The van der Waals surface area contributed by atoms with Crippen molar-refractivity contribution in [2.24, 2.45) is 0 Å². The molecule has 0 aromatic rings. The van der Waals surface area contributed by atoms with Crippen LogP contribution in [-0.4, -0.2) is 52.5 Å². The summed E-state index contributed by atoms with van der Waals surface area (Å²) in [5, 5.41) is 2.50. The quantitative estimate of drug-likeness (QED) is 0.423. The summed E-state index contributed by atoms with van der Waals surface area (Å²) >= 11 is 0. The van der Waals surface area contributed by atoms with E-state index in [9.17, 15) is 9.59 Å². The van der Waals surface area contributed by atoms with Gasteiger partial charge in [-0.05, 0) is 12.8 Å². The largest absolute Gasteiger partial charge is 0.463 e. The van der Waals surface area contributed by atoms with E-state index in [1.54, 1.807) is 14.2 Å². The van der Waals surface area contributed by atoms with Crippen molar-refractivity contribution < 1.29 is 23.8 Å². The van der Waals surface area contributed by atoms with Gasteiger partial charge in [-0.15, -0.1) is 0 Å². The third-order valence-electron chi connectivity index (χ3n) is 2.47. The molecule has 0 saturated carbocycles. The van der Waals surface area contributed by atoms with E-state index in [0.29, 0.717) is 26.1 Å². The Labute approximate surface area is 114 Å². The molecule has 0 heterocycles. The van der Waals surface area contributed by atoms with Crippen LogP contribution >= 0.6 is 0 Å². The van der Waals surface area contributed by atoms with E-state index in [1.807, 2.05) is 0 Å². The number of rotatable bonds is 12. The summed E-state index contributed by atoms with van der Waals surface area (Å²) in [7, 11) is 3.25. The highest BCUT2D eigenvalue weighted by Gasteiger charge is 2.02. The highest BCUT2D eigenvalue weighted by Crippen LogP contribution is 2.01. The van der Waals surface area contributed by atoms with Crippen molar-refractivity contribution >= 4 is 11.9 Å². The molecule has 6 heteroatoms. The molecule has 0 unspecified atom stereocenters. The number of amides is 1. The topological polar surface area (TPSA) is 73.9 Å². The van der Waals surface area contributed by atoms with Crippen LogP contribution in [0.3, 0.4) is 0 Å². The van der Waals surface area contributed by atoms with E-state index in [0.717, 1.165) is 25.9 Å². The van der Waals surface area contributed by atoms with Crippen molar-refractivity contribution in [3.8, 4) is 0 Å². The minimum atomic E-state index is -0.202. The summed E-state index contributed by atoms with van der Waals surface area (Å²) in [6, 6.07) is 0. The Bertz CT molecular complexity index is 245. The van der Waals surface area contributed by atoms with E-state index in [1.165, 1.54) is 0 Å². The lowest BCUT2D eigenvalue weighted by molar-refractivity contribution is -0.145. The number of esters is 1. The highest BCUT2D eigenvalue weighted by molar-refractivity contribution is 5.75. The molecule has 1 amide bonds. The second-order valence-corrected chi connectivity index (χ2v) is 4.06. The number of carbonyl (C=O) groups is 2. The first-order valence-electron chi connectivity index (χ1n) is 6.63. The fourth-order valence-corrected chi connectivity index (χ4v) is 1.37. The first-order valence-corrected chi connectivity index (χ1v) is 6.63. The lowest BCUT2D eigenvalue weighted by Crippen LogP contribution is -2.20. The molecule has 0 aliphatic carbocycles. The molecule has 0 aliphatic rings. The summed E-state index contributed by atoms with van der Waals surface area (Å²) in [5.41, 5.74) is 0. The minimum absolute atomic E-state index is 0.0620. The molecule has 6 nitrogen and oxygen atoms in total. The van der Waals surface area contributed by atoms with Crippen LogP contribution in [0.5, 0.6) is 0 Å². The van der Waals surface area contributed by atoms with Crippen molar-refractivity contribution in [2.45, 2.75) is 32.1 Å². The maximum atomic E-state index is 11.3. The molecule has 0 aromatic heterocycles. The van der Waals surface area contributed by atoms with Crippen molar-refractivity contribution in [2.75, 3.05) is 40.6 Å². The molecule has 0 radical (unpaired) electrons. The Morgan fingerprint density at radius 2 is 1.74 bits per heavy atom. The summed E-state index contributed by atoms with van der Waals surface area (Å²) in [6.45, 7) is 1.64. The minimum Gasteiger partial charge on any atom is -0.463 e. The van der Waals surface area contributed by atoms with Crippen LogP contribution in [-0.2, 0) is 23.8 Å². The van der Waals surface area contributed by atoms with Crippen molar-refractivity contribution in [3.05, 3.63) is 0 Å². The normalized spacial score (nSPS) is 10.2. The maximum Gasteiger partial charge on any atom is 0.305 e. The number of nitrogens with one attached hydrogen (secondary N) is 1. The fraction of sp³-hybridized carbons (Fsp3) is 0.846. The summed E-state index contributed by atoms with van der Waals surface area (Å²) in [5.74, 6) is -0.264. The molecule has 112 valence electrons. The molecule has 1 N–H and O–H groups in total. The molecular formula is C13H25NO5. The average Bonchev–Trinajstić information content (AvgIpc) is 2.42. The van der Waals surface area contributed by atoms with Gasteiger partial charge in [0.15, 0.2) is 0 Å². The van der Waals surface area contributed by atoms with Crippen LogP contribution in [0.25, 0.3) is 0 Å². The van der Waals surface area contributed by atoms with Gasteiger partial charge in [0.25, 0.3) is 0 Å². The second kappa shape index (κ2) is 13.3. The second-order valence-electron chi connectivity index (χ2n) is 4.06. The van der Waals surface area contributed by atoms with Crippen molar-refractivity contribution in [3.63, 3.8) is 0 Å². The zero-order chi connectivity index (χ0) is 14.3. The predicted octanol–water partition coefficient (Wildman–Crippen LogP) is 0.889. The van der Waals surface area contributed by atoms with Gasteiger partial charge in [0, 0.05) is 33.6 Å². The van der Waals surface area contributed by atoms with E-state index in [-0.39, 0.29) is 18.5 Å². The van der Waals surface area contributed by atoms with E-state index in [4.69, 9.17) is 14.2 Å². The van der Waals surface area contributed by atoms with E-state index >= 15 is 0 Å². The van der Waals surface area contributed by atoms with Gasteiger partial charge < -0.3 is 19.5 Å². The molecule has 0 spiro atoms. The standard InChI is InChI=1S/C13H25NO5/c1-14-12(15)7-9-18-10-11-19-13(16)6-4-3-5-8-17-2/h3-11H2,1-2H3,(H,14,15). The molecule has 0 saturated heterocycles. The Hall–Kier alpha value is -1.14. The Morgan fingerprint density at radius 3 is 2.42 bits per heavy atom. The van der Waals surface area contributed by atoms with Gasteiger partial charge in [-0.2, -0.15) is 0 Å². The first kappa shape index (κ1) is 17.9. The number of unbranched alkanes of at least 4 members (excludes halogenated alkanes) is 2. The van der Waals surface area contributed by atoms with Crippen LogP contribution in [0.1, 0.15) is 32.1 Å². The molecule has 0 aromatic carbocycles. The number of hydrogen-bond donors (Lipinski definition) is 1. The third kappa shape index (κ3) is 13.1. The average molecular weight is 275 g/mol. The van der Waals surface area contributed by atoms with Gasteiger partial charge in [0.05, 0.1) is 13.2 Å². The van der Waals surface area contributed by atoms with Gasteiger partial charge in [-0.1, -0.05) is 6.42 Å². The van der Waals surface area contributed by atoms with Crippen molar-refractivity contribution in [1.82, 2.24) is 5.32 Å². The molecule has 19 heavy (non-hydrogen) atoms. The zero-order valence-corrected chi connectivity index (χ0v) is 11.9. The first-order chi connectivity index (χ1) is 9.20. The smallest absolute Gasteiger partial charge is 0.305 e. The number of hydrogen-bond acceptors (Lipinski definition) is 5. The molecular weight excluding hydrogens is 250 g/mol. The van der Waals surface area contributed by atoms with Crippen LogP contribution in [0.4, 0.5) is 0 Å². The van der Waals surface area contributed by atoms with Crippen LogP contribution in [0.2, 0.25) is 0 Å². The molecule has 0 fully saturated rings. The van der Waals surface area contributed by atoms with Gasteiger partial charge >= 0.3 is 5.97 Å². The lowest BCUT2D eigenvalue weighted by atomic mass is 10.2. The maximum absolute atomic E-state index is 11.3. The zero-order valence-electron chi connectivity index (χ0n) is 11.9. The summed E-state index contributed by atoms with van der Waals surface area (Å²) < 4.78 is 15.1. The number of methoxy groups -OCH3 is 1. The molecule has 0 bridgehead atoms. The lowest BCUT2D eigenvalue weighted by Gasteiger charge is -2.06. The monoisotopic (exact) mass is 275 g/mol. The summed E-state index contributed by atoms with van der Waals surface area (Å²) in [4.78, 5) is 22.2. The Balaban J connectivity index is 3.22. The van der Waals surface area contributed by atoms with Gasteiger partial charge in [-0.3, -0.25) is 9.59 Å².